The van der Waals surface area contributed by atoms with E-state index in [0.717, 1.165) is 0 Å². The van der Waals surface area contributed by atoms with Crippen molar-refractivity contribution in [2.75, 3.05) is 11.1 Å². The zero-order valence-corrected chi connectivity index (χ0v) is 9.68. The second-order valence-electron chi connectivity index (χ2n) is 3.97. The Balaban J connectivity index is 1.93. The van der Waals surface area contributed by atoms with Crippen LogP contribution in [0.2, 0.25) is 0 Å². The number of carbonyl (C=O) groups excluding carboxylic acids is 2. The molecule has 0 fully saturated rings. The van der Waals surface area contributed by atoms with Gasteiger partial charge in [0.15, 0.2) is 0 Å². The molecule has 94 valence electrons. The van der Waals surface area contributed by atoms with Crippen LogP contribution in [0.1, 0.15) is 20.7 Å². The first-order valence-electron chi connectivity index (χ1n) is 5.49. The van der Waals surface area contributed by atoms with Crippen LogP contribution in [-0.2, 0) is 0 Å². The average Bonchev–Trinajstić information content (AvgIpc) is 2.65. The highest BCUT2D eigenvalue weighted by Crippen LogP contribution is 2.22. The minimum Gasteiger partial charge on any atom is -0.368 e. The molecule has 7 nitrogen and oxygen atoms in total. The Labute approximate surface area is 107 Å². The van der Waals surface area contributed by atoms with Crippen LogP contribution in [0.3, 0.4) is 0 Å². The Kier molecular flexibility index (Phi) is 2.38. The van der Waals surface area contributed by atoms with Crippen LogP contribution < -0.4 is 16.4 Å². The lowest BCUT2D eigenvalue weighted by atomic mass is 10.1. The lowest BCUT2D eigenvalue weighted by molar-refractivity contribution is 0.0879. The lowest BCUT2D eigenvalue weighted by Gasteiger charge is -2.06. The third-order valence-electron chi connectivity index (χ3n) is 2.68. The number of anilines is 3. The van der Waals surface area contributed by atoms with Gasteiger partial charge in [0.2, 0.25) is 5.95 Å². The number of hydrogen-bond acceptors (Lipinski definition) is 6. The van der Waals surface area contributed by atoms with Crippen molar-refractivity contribution in [2.24, 2.45) is 0 Å². The van der Waals surface area contributed by atoms with Gasteiger partial charge in [-0.15, -0.1) is 0 Å². The molecular formula is C12H9N5O2. The molecular weight excluding hydrogens is 246 g/mol. The Hall–Kier alpha value is -2.96. The van der Waals surface area contributed by atoms with Crippen molar-refractivity contribution in [3.63, 3.8) is 0 Å². The Bertz CT molecular complexity index is 698. The summed E-state index contributed by atoms with van der Waals surface area (Å²) in [5.74, 6) is -0.111. The molecule has 7 heteroatoms. The average molecular weight is 255 g/mol. The SMILES string of the molecule is Nc1nccc(Nc2ccc3c(c2)C(=O)NC3=O)n1. The van der Waals surface area contributed by atoms with E-state index in [2.05, 4.69) is 20.6 Å². The molecule has 0 saturated heterocycles. The monoisotopic (exact) mass is 255 g/mol. The number of rotatable bonds is 2. The number of nitrogens with zero attached hydrogens (tertiary/aromatic N) is 2. The fraction of sp³-hybridized carbons (Fsp3) is 0. The number of carbonyl (C=O) groups is 2. The van der Waals surface area contributed by atoms with Crippen molar-refractivity contribution in [3.8, 4) is 0 Å². The number of fused-ring (bicyclic) bond motifs is 1. The van der Waals surface area contributed by atoms with E-state index in [1.807, 2.05) is 0 Å². The van der Waals surface area contributed by atoms with Crippen LogP contribution >= 0.6 is 0 Å². The maximum Gasteiger partial charge on any atom is 0.259 e. The van der Waals surface area contributed by atoms with Crippen LogP contribution in [-0.4, -0.2) is 21.8 Å². The molecule has 2 amide bonds. The summed E-state index contributed by atoms with van der Waals surface area (Å²) in [5.41, 5.74) is 6.83. The van der Waals surface area contributed by atoms with Crippen molar-refractivity contribution in [1.82, 2.24) is 15.3 Å². The third kappa shape index (κ3) is 1.97. The van der Waals surface area contributed by atoms with Crippen molar-refractivity contribution >= 4 is 29.3 Å². The maximum atomic E-state index is 11.5. The standard InChI is InChI=1S/C12H9N5O2/c13-12-14-4-3-9(16-12)15-6-1-2-7-8(5-6)11(19)17-10(7)18/h1-5H,(H,17,18,19)(H3,13,14,15,16). The maximum absolute atomic E-state index is 11.5. The summed E-state index contributed by atoms with van der Waals surface area (Å²) in [6, 6.07) is 6.51. The highest BCUT2D eigenvalue weighted by atomic mass is 16.2. The lowest BCUT2D eigenvalue weighted by Crippen LogP contribution is -2.19. The number of imide groups is 1. The number of amides is 2. The summed E-state index contributed by atoms with van der Waals surface area (Å²) >= 11 is 0. The first-order valence-corrected chi connectivity index (χ1v) is 5.49. The first kappa shape index (κ1) is 11.1. The van der Waals surface area contributed by atoms with E-state index >= 15 is 0 Å². The second kappa shape index (κ2) is 4.05. The fourth-order valence-electron chi connectivity index (χ4n) is 1.84. The molecule has 1 aromatic heterocycles. The minimum atomic E-state index is -0.397. The summed E-state index contributed by atoms with van der Waals surface area (Å²) in [6.07, 6.45) is 1.52. The molecule has 0 bridgehead atoms. The van der Waals surface area contributed by atoms with Gasteiger partial charge < -0.3 is 11.1 Å². The highest BCUT2D eigenvalue weighted by Gasteiger charge is 2.26. The fourth-order valence-corrected chi connectivity index (χ4v) is 1.84. The summed E-state index contributed by atoms with van der Waals surface area (Å²) in [5, 5.41) is 5.22. The molecule has 0 radical (unpaired) electrons. The smallest absolute Gasteiger partial charge is 0.259 e. The number of hydrogen-bond donors (Lipinski definition) is 3. The van der Waals surface area contributed by atoms with E-state index in [1.165, 1.54) is 6.20 Å². The zero-order chi connectivity index (χ0) is 13.4. The van der Waals surface area contributed by atoms with E-state index in [-0.39, 0.29) is 11.9 Å². The van der Waals surface area contributed by atoms with Gasteiger partial charge in [-0.05, 0) is 24.3 Å². The Morgan fingerprint density at radius 3 is 2.68 bits per heavy atom. The van der Waals surface area contributed by atoms with E-state index in [4.69, 9.17) is 5.73 Å². The molecule has 0 atom stereocenters. The molecule has 1 aromatic carbocycles. The van der Waals surface area contributed by atoms with Crippen molar-refractivity contribution < 1.29 is 9.59 Å². The highest BCUT2D eigenvalue weighted by molar-refractivity contribution is 6.21. The van der Waals surface area contributed by atoms with Crippen molar-refractivity contribution in [1.29, 1.82) is 0 Å². The number of benzene rings is 1. The van der Waals surface area contributed by atoms with E-state index < -0.39 is 5.91 Å². The first-order chi connectivity index (χ1) is 9.13. The van der Waals surface area contributed by atoms with Gasteiger partial charge in [-0.25, -0.2) is 4.98 Å². The normalized spacial score (nSPS) is 13.1. The molecule has 0 saturated carbocycles. The topological polar surface area (TPSA) is 110 Å². The Morgan fingerprint density at radius 2 is 1.89 bits per heavy atom. The van der Waals surface area contributed by atoms with Gasteiger partial charge in [-0.3, -0.25) is 14.9 Å². The van der Waals surface area contributed by atoms with Gasteiger partial charge >= 0.3 is 0 Å². The zero-order valence-electron chi connectivity index (χ0n) is 9.68. The van der Waals surface area contributed by atoms with Crippen LogP contribution in [0.5, 0.6) is 0 Å². The Morgan fingerprint density at radius 1 is 1.11 bits per heavy atom. The summed E-state index contributed by atoms with van der Waals surface area (Å²) in [6.45, 7) is 0. The van der Waals surface area contributed by atoms with E-state index in [9.17, 15) is 9.59 Å². The molecule has 1 aliphatic rings. The third-order valence-corrected chi connectivity index (χ3v) is 2.68. The van der Waals surface area contributed by atoms with Gasteiger partial charge in [0.05, 0.1) is 11.1 Å². The summed E-state index contributed by atoms with van der Waals surface area (Å²) < 4.78 is 0. The number of nitrogens with one attached hydrogen (secondary N) is 2. The molecule has 0 spiro atoms. The number of nitrogens with two attached hydrogens (primary N) is 1. The summed E-state index contributed by atoms with van der Waals surface area (Å²) in [4.78, 5) is 30.7. The molecule has 19 heavy (non-hydrogen) atoms. The minimum absolute atomic E-state index is 0.152. The molecule has 0 aliphatic carbocycles. The quantitative estimate of drug-likeness (QED) is 0.681. The van der Waals surface area contributed by atoms with Crippen LogP contribution in [0.15, 0.2) is 30.5 Å². The number of aromatic nitrogens is 2. The van der Waals surface area contributed by atoms with Gasteiger partial charge in [-0.2, -0.15) is 4.98 Å². The van der Waals surface area contributed by atoms with Crippen molar-refractivity contribution in [3.05, 3.63) is 41.6 Å². The van der Waals surface area contributed by atoms with E-state index in [1.54, 1.807) is 24.3 Å². The van der Waals surface area contributed by atoms with Gasteiger partial charge in [0.25, 0.3) is 11.8 Å². The molecule has 3 rings (SSSR count). The van der Waals surface area contributed by atoms with Crippen LogP contribution in [0.25, 0.3) is 0 Å². The van der Waals surface area contributed by atoms with Crippen LogP contribution in [0, 0.1) is 0 Å². The number of nitrogen functional groups attached to an aromatic ring is 1. The van der Waals surface area contributed by atoms with Crippen molar-refractivity contribution in [2.45, 2.75) is 0 Å². The van der Waals surface area contributed by atoms with Gasteiger partial charge in [0.1, 0.15) is 5.82 Å². The van der Waals surface area contributed by atoms with Crippen LogP contribution in [0.4, 0.5) is 17.5 Å². The van der Waals surface area contributed by atoms with E-state index in [0.29, 0.717) is 22.6 Å². The molecule has 0 unspecified atom stereocenters. The summed E-state index contributed by atoms with van der Waals surface area (Å²) in [7, 11) is 0. The molecule has 4 N–H and O–H groups in total. The predicted octanol–water partition coefficient (Wildman–Crippen LogP) is 0.686. The van der Waals surface area contributed by atoms with Gasteiger partial charge in [0, 0.05) is 11.9 Å². The predicted molar refractivity (Wildman–Crippen MR) is 68.0 cm³/mol. The second-order valence-corrected chi connectivity index (χ2v) is 3.97. The van der Waals surface area contributed by atoms with Gasteiger partial charge in [-0.1, -0.05) is 0 Å². The molecule has 2 aromatic rings. The molecule has 2 heterocycles. The molecule has 1 aliphatic heterocycles. The largest absolute Gasteiger partial charge is 0.368 e.